The Labute approximate surface area is 155 Å². The summed E-state index contributed by atoms with van der Waals surface area (Å²) in [5.74, 6) is 0.273. The highest BCUT2D eigenvalue weighted by molar-refractivity contribution is 5.87. The normalized spacial score (nSPS) is 11.2. The zero-order chi connectivity index (χ0) is 18.1. The first-order valence-corrected chi connectivity index (χ1v) is 7.94. The number of carbonyl (C=O) groups is 2. The van der Waals surface area contributed by atoms with Gasteiger partial charge in [-0.2, -0.15) is 0 Å². The van der Waals surface area contributed by atoms with Crippen molar-refractivity contribution in [3.63, 3.8) is 0 Å². The number of hydrogen-bond donors (Lipinski definition) is 2. The lowest BCUT2D eigenvalue weighted by Gasteiger charge is -2.22. The zero-order valence-corrected chi connectivity index (χ0v) is 15.8. The van der Waals surface area contributed by atoms with E-state index >= 15 is 0 Å². The number of hydrogen-bond acceptors (Lipinski definition) is 4. The van der Waals surface area contributed by atoms with Gasteiger partial charge < -0.3 is 20.7 Å². The molecule has 140 valence electrons. The number of ether oxygens (including phenoxy) is 1. The highest BCUT2D eigenvalue weighted by Gasteiger charge is 2.19. The SMILES string of the molecule is C=CCN(Cc1ccc(OC)cc1)C(=O)CNC(=O)[C@@H](N)C(C)C.Cl. The van der Waals surface area contributed by atoms with Crippen molar-refractivity contribution in [1.29, 1.82) is 0 Å². The molecule has 25 heavy (non-hydrogen) atoms. The summed E-state index contributed by atoms with van der Waals surface area (Å²) >= 11 is 0. The van der Waals surface area contributed by atoms with Crippen molar-refractivity contribution in [2.24, 2.45) is 11.7 Å². The van der Waals surface area contributed by atoms with Crippen LogP contribution in [0.2, 0.25) is 0 Å². The van der Waals surface area contributed by atoms with Gasteiger partial charge in [-0.3, -0.25) is 9.59 Å². The summed E-state index contributed by atoms with van der Waals surface area (Å²) in [6.07, 6.45) is 1.66. The standard InChI is InChI=1S/C18H27N3O3.ClH/c1-5-10-21(12-14-6-8-15(24-4)9-7-14)16(22)11-20-18(23)17(19)13(2)3;/h5-9,13,17H,1,10-12,19H2,2-4H3,(H,20,23);1H/t17-;/m0./s1. The summed E-state index contributed by atoms with van der Waals surface area (Å²) in [6, 6.07) is 6.86. The van der Waals surface area contributed by atoms with E-state index in [1.807, 2.05) is 38.1 Å². The summed E-state index contributed by atoms with van der Waals surface area (Å²) in [4.78, 5) is 25.8. The Kier molecular flexibility index (Phi) is 10.6. The second kappa shape index (κ2) is 11.5. The molecule has 0 heterocycles. The minimum absolute atomic E-state index is 0. The molecule has 2 amide bonds. The van der Waals surface area contributed by atoms with Crippen molar-refractivity contribution in [1.82, 2.24) is 10.2 Å². The molecule has 0 aliphatic heterocycles. The van der Waals surface area contributed by atoms with Crippen LogP contribution >= 0.6 is 12.4 Å². The predicted molar refractivity (Wildman–Crippen MR) is 102 cm³/mol. The number of nitrogens with two attached hydrogens (primary N) is 1. The molecule has 6 nitrogen and oxygen atoms in total. The number of rotatable bonds is 9. The van der Waals surface area contributed by atoms with Crippen LogP contribution in [0.3, 0.4) is 0 Å². The molecule has 0 fully saturated rings. The van der Waals surface area contributed by atoms with E-state index in [1.54, 1.807) is 18.1 Å². The Morgan fingerprint density at radius 3 is 2.40 bits per heavy atom. The lowest BCUT2D eigenvalue weighted by atomic mass is 10.1. The lowest BCUT2D eigenvalue weighted by Crippen LogP contribution is -2.47. The number of nitrogens with one attached hydrogen (secondary N) is 1. The minimum atomic E-state index is -0.618. The molecule has 0 saturated carbocycles. The van der Waals surface area contributed by atoms with Gasteiger partial charge in [-0.1, -0.05) is 32.1 Å². The van der Waals surface area contributed by atoms with Gasteiger partial charge in [0.05, 0.1) is 19.7 Å². The maximum Gasteiger partial charge on any atom is 0.242 e. The number of amides is 2. The number of benzene rings is 1. The van der Waals surface area contributed by atoms with E-state index < -0.39 is 6.04 Å². The molecule has 0 saturated heterocycles. The largest absolute Gasteiger partial charge is 0.497 e. The highest BCUT2D eigenvalue weighted by Crippen LogP contribution is 2.13. The van der Waals surface area contributed by atoms with E-state index in [4.69, 9.17) is 10.5 Å². The van der Waals surface area contributed by atoms with Gasteiger partial charge in [0.1, 0.15) is 5.75 Å². The fourth-order valence-electron chi connectivity index (χ4n) is 2.06. The fraction of sp³-hybridized carbons (Fsp3) is 0.444. The molecule has 7 heteroatoms. The molecule has 3 N–H and O–H groups in total. The van der Waals surface area contributed by atoms with Crippen molar-refractivity contribution in [3.8, 4) is 5.75 Å². The summed E-state index contributed by atoms with van der Waals surface area (Å²) in [5, 5.41) is 2.60. The maximum absolute atomic E-state index is 12.4. The van der Waals surface area contributed by atoms with E-state index in [-0.39, 0.29) is 36.7 Å². The third-order valence-corrected chi connectivity index (χ3v) is 3.67. The van der Waals surface area contributed by atoms with Gasteiger partial charge in [-0.25, -0.2) is 0 Å². The van der Waals surface area contributed by atoms with Crippen LogP contribution in [0.4, 0.5) is 0 Å². The van der Waals surface area contributed by atoms with E-state index in [0.29, 0.717) is 13.1 Å². The average Bonchev–Trinajstić information content (AvgIpc) is 2.58. The van der Waals surface area contributed by atoms with Gasteiger partial charge in [0, 0.05) is 13.1 Å². The van der Waals surface area contributed by atoms with Crippen LogP contribution < -0.4 is 15.8 Å². The van der Waals surface area contributed by atoms with Gasteiger partial charge >= 0.3 is 0 Å². The minimum Gasteiger partial charge on any atom is -0.497 e. The quantitative estimate of drug-likeness (QED) is 0.649. The second-order valence-corrected chi connectivity index (χ2v) is 5.90. The summed E-state index contributed by atoms with van der Waals surface area (Å²) in [5.41, 5.74) is 6.74. The summed E-state index contributed by atoms with van der Waals surface area (Å²) in [6.45, 7) is 8.15. The van der Waals surface area contributed by atoms with Crippen LogP contribution in [-0.2, 0) is 16.1 Å². The lowest BCUT2D eigenvalue weighted by molar-refractivity contribution is -0.133. The highest BCUT2D eigenvalue weighted by atomic mass is 35.5. The van der Waals surface area contributed by atoms with Crippen LogP contribution in [-0.4, -0.2) is 43.0 Å². The molecule has 1 rings (SSSR count). The third kappa shape index (κ3) is 7.58. The number of methoxy groups -OCH3 is 1. The Bertz CT molecular complexity index is 561. The topological polar surface area (TPSA) is 84.7 Å². The first-order chi connectivity index (χ1) is 11.4. The fourth-order valence-corrected chi connectivity index (χ4v) is 2.06. The zero-order valence-electron chi connectivity index (χ0n) is 15.0. The molecule has 0 spiro atoms. The van der Waals surface area contributed by atoms with Crippen molar-refractivity contribution >= 4 is 24.2 Å². The molecule has 1 atom stereocenters. The molecular formula is C18H28ClN3O3. The van der Waals surface area contributed by atoms with Crippen molar-refractivity contribution < 1.29 is 14.3 Å². The van der Waals surface area contributed by atoms with Crippen LogP contribution in [0.15, 0.2) is 36.9 Å². The van der Waals surface area contributed by atoms with E-state index in [2.05, 4.69) is 11.9 Å². The van der Waals surface area contributed by atoms with Crippen molar-refractivity contribution in [3.05, 3.63) is 42.5 Å². The van der Waals surface area contributed by atoms with Gasteiger partial charge in [0.25, 0.3) is 0 Å². The van der Waals surface area contributed by atoms with Gasteiger partial charge in [-0.15, -0.1) is 19.0 Å². The molecule has 0 aliphatic carbocycles. The van der Waals surface area contributed by atoms with Crippen LogP contribution in [0.5, 0.6) is 5.75 Å². The Morgan fingerprint density at radius 1 is 1.32 bits per heavy atom. The third-order valence-electron chi connectivity index (χ3n) is 3.67. The molecular weight excluding hydrogens is 342 g/mol. The monoisotopic (exact) mass is 369 g/mol. The van der Waals surface area contributed by atoms with Crippen molar-refractivity contribution in [2.75, 3.05) is 20.2 Å². The number of carbonyl (C=O) groups excluding carboxylic acids is 2. The van der Waals surface area contributed by atoms with Crippen LogP contribution in [0, 0.1) is 5.92 Å². The van der Waals surface area contributed by atoms with Crippen molar-refractivity contribution in [2.45, 2.75) is 26.4 Å². The van der Waals surface area contributed by atoms with Crippen LogP contribution in [0.1, 0.15) is 19.4 Å². The Hall–Kier alpha value is -2.05. The smallest absolute Gasteiger partial charge is 0.242 e. The second-order valence-electron chi connectivity index (χ2n) is 5.90. The number of nitrogens with zero attached hydrogens (tertiary/aromatic N) is 1. The summed E-state index contributed by atoms with van der Waals surface area (Å²) in [7, 11) is 1.60. The van der Waals surface area contributed by atoms with Gasteiger partial charge in [0.2, 0.25) is 11.8 Å². The molecule has 0 bridgehead atoms. The number of halogens is 1. The van der Waals surface area contributed by atoms with E-state index in [9.17, 15) is 9.59 Å². The maximum atomic E-state index is 12.4. The van der Waals surface area contributed by atoms with Crippen LogP contribution in [0.25, 0.3) is 0 Å². The van der Waals surface area contributed by atoms with E-state index in [1.165, 1.54) is 0 Å². The molecule has 0 aliphatic rings. The first kappa shape index (κ1) is 22.9. The Balaban J connectivity index is 0.00000576. The summed E-state index contributed by atoms with van der Waals surface area (Å²) < 4.78 is 5.12. The molecule has 1 aromatic carbocycles. The first-order valence-electron chi connectivity index (χ1n) is 7.94. The predicted octanol–water partition coefficient (Wildman–Crippen LogP) is 1.73. The molecule has 0 radical (unpaired) electrons. The molecule has 1 aromatic rings. The van der Waals surface area contributed by atoms with Gasteiger partial charge in [-0.05, 0) is 23.6 Å². The molecule has 0 aromatic heterocycles. The average molecular weight is 370 g/mol. The molecule has 0 unspecified atom stereocenters. The Morgan fingerprint density at radius 2 is 1.92 bits per heavy atom. The van der Waals surface area contributed by atoms with E-state index in [0.717, 1.165) is 11.3 Å². The van der Waals surface area contributed by atoms with Gasteiger partial charge in [0.15, 0.2) is 0 Å².